The van der Waals surface area contributed by atoms with E-state index in [1.165, 1.54) is 0 Å². The number of carbonyl (C=O) groups is 2. The summed E-state index contributed by atoms with van der Waals surface area (Å²) in [5.41, 5.74) is 0. The molecule has 1 fully saturated rings. The quantitative estimate of drug-likeness (QED) is 0.776. The van der Waals surface area contributed by atoms with Gasteiger partial charge in [0.05, 0.1) is 12.0 Å². The molecule has 0 aromatic heterocycles. The predicted octanol–water partition coefficient (Wildman–Crippen LogP) is 1.55. The molecule has 6 heteroatoms. The van der Waals surface area contributed by atoms with Crippen molar-refractivity contribution in [3.8, 4) is 0 Å². The van der Waals surface area contributed by atoms with Crippen LogP contribution in [0, 0.1) is 11.8 Å². The van der Waals surface area contributed by atoms with Crippen LogP contribution in [0.5, 0.6) is 0 Å². The highest BCUT2D eigenvalue weighted by atomic mass is 16.5. The molecule has 6 nitrogen and oxygen atoms in total. The Labute approximate surface area is 120 Å². The first-order valence-electron chi connectivity index (χ1n) is 7.27. The van der Waals surface area contributed by atoms with Gasteiger partial charge >= 0.3 is 12.0 Å². The van der Waals surface area contributed by atoms with E-state index in [9.17, 15) is 9.59 Å². The summed E-state index contributed by atoms with van der Waals surface area (Å²) >= 11 is 0. The van der Waals surface area contributed by atoms with E-state index in [0.29, 0.717) is 25.4 Å². The van der Waals surface area contributed by atoms with E-state index < -0.39 is 11.9 Å². The molecule has 0 aromatic rings. The lowest BCUT2D eigenvalue weighted by Gasteiger charge is -2.36. The number of carbonyl (C=O) groups excluding carboxylic acids is 1. The molecular weight excluding hydrogens is 260 g/mol. The van der Waals surface area contributed by atoms with Crippen molar-refractivity contribution in [2.24, 2.45) is 11.8 Å². The van der Waals surface area contributed by atoms with E-state index in [2.05, 4.69) is 12.2 Å². The summed E-state index contributed by atoms with van der Waals surface area (Å²) in [6.07, 6.45) is 2.33. The topological polar surface area (TPSA) is 78.9 Å². The highest BCUT2D eigenvalue weighted by molar-refractivity contribution is 5.76. The van der Waals surface area contributed by atoms with Crippen molar-refractivity contribution in [3.63, 3.8) is 0 Å². The van der Waals surface area contributed by atoms with Gasteiger partial charge in [0.2, 0.25) is 0 Å². The Bertz CT molecular complexity index is 335. The summed E-state index contributed by atoms with van der Waals surface area (Å²) in [5, 5.41) is 11.8. The number of ether oxygens (including phenoxy) is 1. The van der Waals surface area contributed by atoms with Crippen LogP contribution in [0.2, 0.25) is 0 Å². The van der Waals surface area contributed by atoms with Crippen LogP contribution in [0.1, 0.15) is 33.1 Å². The number of hydrogen-bond donors (Lipinski definition) is 2. The molecule has 1 aliphatic heterocycles. The second-order valence-electron chi connectivity index (χ2n) is 5.50. The highest BCUT2D eigenvalue weighted by Gasteiger charge is 2.29. The van der Waals surface area contributed by atoms with E-state index >= 15 is 0 Å². The lowest BCUT2D eigenvalue weighted by atomic mass is 9.96. The fraction of sp³-hybridized carbons (Fsp3) is 0.857. The Hall–Kier alpha value is -1.30. The molecule has 2 amide bonds. The van der Waals surface area contributed by atoms with E-state index in [4.69, 9.17) is 9.84 Å². The Kier molecular flexibility index (Phi) is 6.78. The smallest absolute Gasteiger partial charge is 0.317 e. The highest BCUT2D eigenvalue weighted by Crippen LogP contribution is 2.19. The van der Waals surface area contributed by atoms with Crippen LogP contribution in [-0.2, 0) is 9.53 Å². The number of piperidine rings is 1. The van der Waals surface area contributed by atoms with Gasteiger partial charge < -0.3 is 20.1 Å². The molecule has 116 valence electrons. The van der Waals surface area contributed by atoms with Crippen LogP contribution in [0.15, 0.2) is 0 Å². The van der Waals surface area contributed by atoms with Gasteiger partial charge in [0.25, 0.3) is 0 Å². The van der Waals surface area contributed by atoms with Gasteiger partial charge in [-0.2, -0.15) is 0 Å². The maximum Gasteiger partial charge on any atom is 0.317 e. The third-order valence-corrected chi connectivity index (χ3v) is 3.97. The van der Waals surface area contributed by atoms with E-state index in [1.807, 2.05) is 6.92 Å². The minimum absolute atomic E-state index is 0.0559. The number of rotatable bonds is 6. The molecule has 0 radical (unpaired) electrons. The zero-order chi connectivity index (χ0) is 15.1. The number of aliphatic carboxylic acids is 1. The number of amides is 2. The fourth-order valence-electron chi connectivity index (χ4n) is 2.51. The van der Waals surface area contributed by atoms with Crippen LogP contribution in [-0.4, -0.2) is 54.9 Å². The monoisotopic (exact) mass is 286 g/mol. The number of nitrogens with zero attached hydrogens (tertiary/aromatic N) is 1. The van der Waals surface area contributed by atoms with Gasteiger partial charge in [-0.3, -0.25) is 4.79 Å². The normalized spacial score (nSPS) is 24.2. The molecule has 0 bridgehead atoms. The van der Waals surface area contributed by atoms with E-state index in [-0.39, 0.29) is 18.7 Å². The Morgan fingerprint density at radius 2 is 2.20 bits per heavy atom. The molecule has 0 saturated carbocycles. The van der Waals surface area contributed by atoms with Gasteiger partial charge in [0.15, 0.2) is 0 Å². The van der Waals surface area contributed by atoms with Gasteiger partial charge in [0.1, 0.15) is 0 Å². The maximum absolute atomic E-state index is 12.1. The number of carboxylic acid groups (broad SMARTS) is 1. The molecule has 3 atom stereocenters. The molecule has 1 saturated heterocycles. The molecule has 3 unspecified atom stereocenters. The summed E-state index contributed by atoms with van der Waals surface area (Å²) < 4.78 is 5.37. The SMILES string of the molecule is CCCC(CNC(=O)N1CCC(C)C(OC)C1)C(=O)O. The summed E-state index contributed by atoms with van der Waals surface area (Å²) in [4.78, 5) is 24.8. The van der Waals surface area contributed by atoms with Gasteiger partial charge in [0, 0.05) is 26.7 Å². The van der Waals surface area contributed by atoms with Crippen molar-refractivity contribution in [2.75, 3.05) is 26.7 Å². The van der Waals surface area contributed by atoms with Crippen molar-refractivity contribution in [3.05, 3.63) is 0 Å². The van der Waals surface area contributed by atoms with E-state index in [0.717, 1.165) is 12.8 Å². The number of nitrogens with one attached hydrogen (secondary N) is 1. The molecular formula is C14H26N2O4. The number of carboxylic acids is 1. The molecule has 0 aliphatic carbocycles. The third kappa shape index (κ3) is 4.67. The average Bonchev–Trinajstić information content (AvgIpc) is 2.43. The molecule has 0 spiro atoms. The first kappa shape index (κ1) is 16.8. The molecule has 0 aromatic carbocycles. The van der Waals surface area contributed by atoms with Gasteiger partial charge in [-0.1, -0.05) is 20.3 Å². The van der Waals surface area contributed by atoms with Crippen LogP contribution < -0.4 is 5.32 Å². The van der Waals surface area contributed by atoms with Gasteiger partial charge in [-0.05, 0) is 18.8 Å². The zero-order valence-corrected chi connectivity index (χ0v) is 12.6. The van der Waals surface area contributed by atoms with E-state index in [1.54, 1.807) is 12.0 Å². The summed E-state index contributed by atoms with van der Waals surface area (Å²) in [6.45, 7) is 5.50. The molecule has 1 heterocycles. The minimum atomic E-state index is -0.853. The molecule has 20 heavy (non-hydrogen) atoms. The summed E-state index contributed by atoms with van der Waals surface area (Å²) in [5.74, 6) is -0.920. The summed E-state index contributed by atoms with van der Waals surface area (Å²) in [6, 6.07) is -0.193. The number of methoxy groups -OCH3 is 1. The predicted molar refractivity (Wildman–Crippen MR) is 75.6 cm³/mol. The Morgan fingerprint density at radius 3 is 2.75 bits per heavy atom. The van der Waals surface area contributed by atoms with Crippen LogP contribution in [0.3, 0.4) is 0 Å². The Balaban J connectivity index is 2.44. The summed E-state index contributed by atoms with van der Waals surface area (Å²) in [7, 11) is 1.66. The number of likely N-dealkylation sites (tertiary alicyclic amines) is 1. The van der Waals surface area contributed by atoms with Gasteiger partial charge in [-0.15, -0.1) is 0 Å². The standard InChI is InChI=1S/C14H26N2O4/c1-4-5-11(13(17)18)8-15-14(19)16-7-6-10(2)12(9-16)20-3/h10-12H,4-9H2,1-3H3,(H,15,19)(H,17,18). The van der Waals surface area contributed by atoms with Crippen molar-refractivity contribution in [1.82, 2.24) is 10.2 Å². The number of hydrogen-bond acceptors (Lipinski definition) is 3. The first-order chi connectivity index (χ1) is 9.49. The molecule has 1 aliphatic rings. The van der Waals surface area contributed by atoms with Crippen molar-refractivity contribution < 1.29 is 19.4 Å². The van der Waals surface area contributed by atoms with Crippen LogP contribution >= 0.6 is 0 Å². The zero-order valence-electron chi connectivity index (χ0n) is 12.6. The lowest BCUT2D eigenvalue weighted by Crippen LogP contribution is -2.51. The fourth-order valence-corrected chi connectivity index (χ4v) is 2.51. The largest absolute Gasteiger partial charge is 0.481 e. The maximum atomic E-state index is 12.1. The van der Waals surface area contributed by atoms with Crippen molar-refractivity contribution in [2.45, 2.75) is 39.2 Å². The second-order valence-corrected chi connectivity index (χ2v) is 5.50. The van der Waals surface area contributed by atoms with Crippen LogP contribution in [0.4, 0.5) is 4.79 Å². The van der Waals surface area contributed by atoms with Crippen LogP contribution in [0.25, 0.3) is 0 Å². The molecule has 2 N–H and O–H groups in total. The minimum Gasteiger partial charge on any atom is -0.481 e. The average molecular weight is 286 g/mol. The second kappa shape index (κ2) is 8.09. The first-order valence-corrected chi connectivity index (χ1v) is 7.27. The van der Waals surface area contributed by atoms with Gasteiger partial charge in [-0.25, -0.2) is 4.79 Å². The third-order valence-electron chi connectivity index (χ3n) is 3.97. The van der Waals surface area contributed by atoms with Crippen molar-refractivity contribution in [1.29, 1.82) is 0 Å². The van der Waals surface area contributed by atoms with Crippen molar-refractivity contribution >= 4 is 12.0 Å². The number of urea groups is 1. The molecule has 1 rings (SSSR count). The lowest BCUT2D eigenvalue weighted by molar-refractivity contribution is -0.141. The Morgan fingerprint density at radius 1 is 1.50 bits per heavy atom.